The predicted octanol–water partition coefficient (Wildman–Crippen LogP) is 3.40. The molecule has 1 fully saturated rings. The highest BCUT2D eigenvalue weighted by Crippen LogP contribution is 2.24. The van der Waals surface area contributed by atoms with Crippen molar-refractivity contribution in [2.75, 3.05) is 26.7 Å². The summed E-state index contributed by atoms with van der Waals surface area (Å²) in [5.74, 6) is 1.76. The van der Waals surface area contributed by atoms with Gasteiger partial charge in [-0.1, -0.05) is 38.1 Å². The van der Waals surface area contributed by atoms with Gasteiger partial charge in [0.25, 0.3) is 5.91 Å². The number of aromatic nitrogens is 2. The fourth-order valence-electron chi connectivity index (χ4n) is 3.58. The van der Waals surface area contributed by atoms with E-state index in [0.29, 0.717) is 23.2 Å². The molecule has 1 aliphatic heterocycles. The Labute approximate surface area is 161 Å². The molecular formula is C21H30N4O2. The number of carbonyl (C=O) groups excluding carboxylic acids is 1. The third-order valence-corrected chi connectivity index (χ3v) is 4.82. The molecular weight excluding hydrogens is 340 g/mol. The zero-order valence-corrected chi connectivity index (χ0v) is 16.8. The van der Waals surface area contributed by atoms with Gasteiger partial charge < -0.3 is 14.7 Å². The third kappa shape index (κ3) is 5.16. The number of hydrogen-bond donors (Lipinski definition) is 1. The lowest BCUT2D eigenvalue weighted by molar-refractivity contribution is 0.0674. The average Bonchev–Trinajstić information content (AvgIpc) is 3.08. The van der Waals surface area contributed by atoms with Crippen molar-refractivity contribution in [1.29, 1.82) is 0 Å². The normalized spacial score (nSPS) is 17.9. The van der Waals surface area contributed by atoms with E-state index in [0.717, 1.165) is 38.0 Å². The van der Waals surface area contributed by atoms with Gasteiger partial charge >= 0.3 is 0 Å². The zero-order valence-electron chi connectivity index (χ0n) is 16.8. The van der Waals surface area contributed by atoms with Crippen molar-refractivity contribution in [2.24, 2.45) is 11.3 Å². The van der Waals surface area contributed by atoms with Gasteiger partial charge in [0.15, 0.2) is 0 Å². The second-order valence-corrected chi connectivity index (χ2v) is 8.65. The number of piperidine rings is 1. The van der Waals surface area contributed by atoms with Gasteiger partial charge in [-0.3, -0.25) is 4.79 Å². The molecule has 0 spiro atoms. The fourth-order valence-corrected chi connectivity index (χ4v) is 3.58. The Morgan fingerprint density at radius 3 is 2.93 bits per heavy atom. The molecule has 27 heavy (non-hydrogen) atoms. The molecule has 0 bridgehead atoms. The summed E-state index contributed by atoms with van der Waals surface area (Å²) >= 11 is 0. The molecule has 1 aromatic carbocycles. The summed E-state index contributed by atoms with van der Waals surface area (Å²) < 4.78 is 5.39. The molecule has 1 aromatic heterocycles. The highest BCUT2D eigenvalue weighted by Gasteiger charge is 2.24. The van der Waals surface area contributed by atoms with Crippen molar-refractivity contribution >= 4 is 5.91 Å². The first-order valence-corrected chi connectivity index (χ1v) is 9.72. The Morgan fingerprint density at radius 2 is 2.19 bits per heavy atom. The lowest BCUT2D eigenvalue weighted by Gasteiger charge is -2.32. The van der Waals surface area contributed by atoms with Crippen LogP contribution in [0.2, 0.25) is 0 Å². The Hall–Kier alpha value is -2.21. The van der Waals surface area contributed by atoms with E-state index in [4.69, 9.17) is 4.52 Å². The molecule has 2 aromatic rings. The Kier molecular flexibility index (Phi) is 5.95. The molecule has 1 unspecified atom stereocenters. The molecule has 1 atom stereocenters. The molecule has 0 saturated carbocycles. The van der Waals surface area contributed by atoms with Crippen LogP contribution in [0.3, 0.4) is 0 Å². The van der Waals surface area contributed by atoms with Crippen LogP contribution in [0, 0.1) is 11.3 Å². The summed E-state index contributed by atoms with van der Waals surface area (Å²) in [5, 5.41) is 7.32. The minimum Gasteiger partial charge on any atom is -0.339 e. The first-order chi connectivity index (χ1) is 12.9. The maximum atomic E-state index is 13.0. The van der Waals surface area contributed by atoms with E-state index in [-0.39, 0.29) is 11.3 Å². The number of likely N-dealkylation sites (tertiary alicyclic amines) is 1. The summed E-state index contributed by atoms with van der Waals surface area (Å²) in [7, 11) is 1.96. The van der Waals surface area contributed by atoms with Gasteiger partial charge in [0, 0.05) is 30.6 Å². The Morgan fingerprint density at radius 1 is 1.37 bits per heavy atom. The Balaban J connectivity index is 1.74. The van der Waals surface area contributed by atoms with Crippen LogP contribution in [0.25, 0.3) is 11.4 Å². The maximum Gasteiger partial charge on any atom is 0.253 e. The van der Waals surface area contributed by atoms with Gasteiger partial charge in [-0.05, 0) is 49.9 Å². The van der Waals surface area contributed by atoms with Gasteiger partial charge in [0.2, 0.25) is 11.7 Å². The minimum atomic E-state index is 0.0797. The largest absolute Gasteiger partial charge is 0.339 e. The highest BCUT2D eigenvalue weighted by molar-refractivity contribution is 5.95. The summed E-state index contributed by atoms with van der Waals surface area (Å²) in [6.07, 6.45) is 2.95. The summed E-state index contributed by atoms with van der Waals surface area (Å²) in [5.41, 5.74) is 1.58. The molecule has 1 N–H and O–H groups in total. The van der Waals surface area contributed by atoms with Gasteiger partial charge in [0.05, 0.1) is 0 Å². The first-order valence-electron chi connectivity index (χ1n) is 9.72. The highest BCUT2D eigenvalue weighted by atomic mass is 16.5. The van der Waals surface area contributed by atoms with Gasteiger partial charge in [-0.25, -0.2) is 0 Å². The van der Waals surface area contributed by atoms with Crippen LogP contribution in [0.4, 0.5) is 0 Å². The van der Waals surface area contributed by atoms with E-state index in [1.807, 2.05) is 36.2 Å². The Bertz CT molecular complexity index is 776. The molecule has 2 heterocycles. The van der Waals surface area contributed by atoms with E-state index in [1.54, 1.807) is 0 Å². The van der Waals surface area contributed by atoms with Crippen molar-refractivity contribution in [2.45, 2.75) is 40.0 Å². The number of carbonyl (C=O) groups is 1. The molecule has 146 valence electrons. The molecule has 1 saturated heterocycles. The molecule has 1 amide bonds. The summed E-state index contributed by atoms with van der Waals surface area (Å²) in [4.78, 5) is 19.4. The van der Waals surface area contributed by atoms with Crippen molar-refractivity contribution in [3.8, 4) is 11.4 Å². The number of nitrogens with one attached hydrogen (secondary N) is 1. The molecule has 6 nitrogen and oxygen atoms in total. The van der Waals surface area contributed by atoms with Gasteiger partial charge in [-0.15, -0.1) is 0 Å². The lowest BCUT2D eigenvalue weighted by Crippen LogP contribution is -2.42. The first kappa shape index (κ1) is 19.5. The lowest BCUT2D eigenvalue weighted by atomic mass is 9.92. The van der Waals surface area contributed by atoms with Crippen LogP contribution >= 0.6 is 0 Å². The van der Waals surface area contributed by atoms with E-state index in [1.165, 1.54) is 6.42 Å². The van der Waals surface area contributed by atoms with Crippen molar-refractivity contribution in [1.82, 2.24) is 20.4 Å². The van der Waals surface area contributed by atoms with Crippen molar-refractivity contribution < 1.29 is 9.32 Å². The zero-order chi connectivity index (χ0) is 19.4. The van der Waals surface area contributed by atoms with Crippen LogP contribution < -0.4 is 5.32 Å². The number of nitrogens with zero attached hydrogens (tertiary/aromatic N) is 3. The quantitative estimate of drug-likeness (QED) is 0.873. The van der Waals surface area contributed by atoms with Crippen LogP contribution in [-0.2, 0) is 6.42 Å². The van der Waals surface area contributed by atoms with E-state index in [2.05, 4.69) is 36.2 Å². The SMILES string of the molecule is CNCC1CCCN(C(=O)c2cccc(-c3noc(CC(C)(C)C)n3)c2)C1. The van der Waals surface area contributed by atoms with Crippen LogP contribution in [0.5, 0.6) is 0 Å². The van der Waals surface area contributed by atoms with Gasteiger partial charge in [0.1, 0.15) is 0 Å². The van der Waals surface area contributed by atoms with Crippen molar-refractivity contribution in [3.05, 3.63) is 35.7 Å². The monoisotopic (exact) mass is 370 g/mol. The molecule has 3 rings (SSSR count). The minimum absolute atomic E-state index is 0.0797. The fraction of sp³-hybridized carbons (Fsp3) is 0.571. The second-order valence-electron chi connectivity index (χ2n) is 8.65. The number of rotatable bonds is 5. The third-order valence-electron chi connectivity index (χ3n) is 4.82. The van der Waals surface area contributed by atoms with Crippen LogP contribution in [0.15, 0.2) is 28.8 Å². The van der Waals surface area contributed by atoms with Crippen molar-refractivity contribution in [3.63, 3.8) is 0 Å². The van der Waals surface area contributed by atoms with E-state index < -0.39 is 0 Å². The molecule has 6 heteroatoms. The predicted molar refractivity (Wildman–Crippen MR) is 105 cm³/mol. The van der Waals surface area contributed by atoms with Crippen LogP contribution in [-0.4, -0.2) is 47.6 Å². The smallest absolute Gasteiger partial charge is 0.253 e. The number of hydrogen-bond acceptors (Lipinski definition) is 5. The average molecular weight is 370 g/mol. The summed E-state index contributed by atoms with van der Waals surface area (Å²) in [6.45, 7) is 8.98. The molecule has 0 radical (unpaired) electrons. The number of benzene rings is 1. The van der Waals surface area contributed by atoms with Gasteiger partial charge in [-0.2, -0.15) is 4.98 Å². The topological polar surface area (TPSA) is 71.3 Å². The van der Waals surface area contributed by atoms with E-state index in [9.17, 15) is 4.79 Å². The molecule has 0 aliphatic carbocycles. The van der Waals surface area contributed by atoms with E-state index >= 15 is 0 Å². The standard InChI is InChI=1S/C21H30N4O2/c1-21(2,3)12-18-23-19(24-27-18)16-8-5-9-17(11-16)20(26)25-10-6-7-15(14-25)13-22-4/h5,8-9,11,15,22H,6-7,10,12-14H2,1-4H3. The summed E-state index contributed by atoms with van der Waals surface area (Å²) in [6, 6.07) is 7.54. The molecule has 1 aliphatic rings. The number of amides is 1. The van der Waals surface area contributed by atoms with Crippen LogP contribution in [0.1, 0.15) is 49.9 Å². The maximum absolute atomic E-state index is 13.0. The second kappa shape index (κ2) is 8.21.